The van der Waals surface area contributed by atoms with Gasteiger partial charge in [0.2, 0.25) is 0 Å². The zero-order chi connectivity index (χ0) is 16.4. The summed E-state index contributed by atoms with van der Waals surface area (Å²) in [5.41, 5.74) is 0.669. The first kappa shape index (κ1) is 15.5. The van der Waals surface area contributed by atoms with Gasteiger partial charge < -0.3 is 5.11 Å². The molecule has 0 saturated carbocycles. The van der Waals surface area contributed by atoms with Crippen LogP contribution in [0.3, 0.4) is 0 Å². The summed E-state index contributed by atoms with van der Waals surface area (Å²) in [4.78, 5) is 30.8. The van der Waals surface area contributed by atoms with Gasteiger partial charge in [0.05, 0.1) is 16.2 Å². The van der Waals surface area contributed by atoms with Crippen molar-refractivity contribution in [2.24, 2.45) is 4.99 Å². The molecule has 0 unspecified atom stereocenters. The summed E-state index contributed by atoms with van der Waals surface area (Å²) in [6, 6.07) is 10.2. The highest BCUT2D eigenvalue weighted by molar-refractivity contribution is 8.18. The van der Waals surface area contributed by atoms with Crippen molar-refractivity contribution in [1.29, 1.82) is 0 Å². The second kappa shape index (κ2) is 6.39. The molecule has 1 N–H and O–H groups in total. The molecule has 0 atom stereocenters. The summed E-state index contributed by atoms with van der Waals surface area (Å²) < 4.78 is 0. The van der Waals surface area contributed by atoms with Gasteiger partial charge in [-0.3, -0.25) is 9.69 Å². The Labute approximate surface area is 141 Å². The average Bonchev–Trinajstić information content (AvgIpc) is 3.13. The van der Waals surface area contributed by atoms with E-state index in [1.807, 2.05) is 23.6 Å². The Hall–Kier alpha value is -2.38. The fourth-order valence-corrected chi connectivity index (χ4v) is 3.68. The number of carbonyl (C=O) groups is 2. The van der Waals surface area contributed by atoms with Crippen LogP contribution in [0.25, 0.3) is 6.08 Å². The minimum Gasteiger partial charge on any atom is -0.478 e. The minimum atomic E-state index is -1.01. The lowest BCUT2D eigenvalue weighted by atomic mass is 10.2. The van der Waals surface area contributed by atoms with Crippen molar-refractivity contribution in [3.05, 3.63) is 57.1 Å². The van der Waals surface area contributed by atoms with Crippen molar-refractivity contribution in [3.8, 4) is 0 Å². The molecule has 7 heteroatoms. The highest BCUT2D eigenvalue weighted by Crippen LogP contribution is 2.33. The van der Waals surface area contributed by atoms with E-state index in [1.54, 1.807) is 30.5 Å². The maximum atomic E-state index is 12.3. The second-order valence-electron chi connectivity index (χ2n) is 4.74. The van der Waals surface area contributed by atoms with E-state index in [0.717, 1.165) is 4.88 Å². The van der Waals surface area contributed by atoms with Crippen LogP contribution in [0.5, 0.6) is 0 Å². The summed E-state index contributed by atoms with van der Waals surface area (Å²) in [7, 11) is 1.66. The van der Waals surface area contributed by atoms with E-state index in [-0.39, 0.29) is 11.5 Å². The number of hydrogen-bond donors (Lipinski definition) is 1. The van der Waals surface area contributed by atoms with Gasteiger partial charge in [0.15, 0.2) is 5.17 Å². The van der Waals surface area contributed by atoms with Crippen molar-refractivity contribution in [1.82, 2.24) is 4.90 Å². The fourth-order valence-electron chi connectivity index (χ4n) is 1.97. The standard InChI is InChI=1S/C16H12N2O3S2/c1-18-14(19)13(9-12-6-3-7-22-12)23-16(18)17-11-5-2-4-10(8-11)15(20)21/h2-9H,1H3,(H,20,21)/b13-9+,17-16?. The lowest BCUT2D eigenvalue weighted by Gasteiger charge is -2.07. The first-order valence-electron chi connectivity index (χ1n) is 6.68. The first-order chi connectivity index (χ1) is 11.0. The van der Waals surface area contributed by atoms with Crippen LogP contribution in [0.1, 0.15) is 15.2 Å². The molecule has 1 amide bonds. The van der Waals surface area contributed by atoms with E-state index < -0.39 is 5.97 Å². The van der Waals surface area contributed by atoms with Gasteiger partial charge in [-0.15, -0.1) is 11.3 Å². The van der Waals surface area contributed by atoms with Crippen LogP contribution in [-0.4, -0.2) is 34.1 Å². The van der Waals surface area contributed by atoms with Crippen LogP contribution < -0.4 is 0 Å². The Bertz CT molecular complexity index is 826. The number of amidine groups is 1. The number of hydrogen-bond acceptors (Lipinski definition) is 5. The summed E-state index contributed by atoms with van der Waals surface area (Å²) >= 11 is 2.84. The Morgan fingerprint density at radius 3 is 2.83 bits per heavy atom. The maximum absolute atomic E-state index is 12.3. The molecule has 2 heterocycles. The lowest BCUT2D eigenvalue weighted by Crippen LogP contribution is -2.23. The molecule has 1 aliphatic rings. The number of carboxylic acids is 1. The number of nitrogens with zero attached hydrogens (tertiary/aromatic N) is 2. The number of benzene rings is 1. The Kier molecular flexibility index (Phi) is 4.31. The second-order valence-corrected chi connectivity index (χ2v) is 6.73. The highest BCUT2D eigenvalue weighted by Gasteiger charge is 2.30. The van der Waals surface area contributed by atoms with E-state index in [0.29, 0.717) is 15.8 Å². The molecule has 116 valence electrons. The molecule has 1 fully saturated rings. The molecule has 1 aromatic heterocycles. The van der Waals surface area contributed by atoms with Crippen LogP contribution in [0.4, 0.5) is 5.69 Å². The summed E-state index contributed by atoms with van der Waals surface area (Å²) in [6.45, 7) is 0. The van der Waals surface area contributed by atoms with Gasteiger partial charge >= 0.3 is 5.97 Å². The molecule has 0 spiro atoms. The van der Waals surface area contributed by atoms with E-state index in [2.05, 4.69) is 4.99 Å². The maximum Gasteiger partial charge on any atom is 0.335 e. The molecule has 0 aliphatic carbocycles. The number of aromatic carboxylic acids is 1. The Balaban J connectivity index is 1.90. The van der Waals surface area contributed by atoms with Gasteiger partial charge in [-0.1, -0.05) is 12.1 Å². The quantitative estimate of drug-likeness (QED) is 0.862. The molecule has 23 heavy (non-hydrogen) atoms. The van der Waals surface area contributed by atoms with E-state index in [9.17, 15) is 9.59 Å². The van der Waals surface area contributed by atoms with Crippen LogP contribution in [0.15, 0.2) is 51.7 Å². The molecule has 5 nitrogen and oxygen atoms in total. The van der Waals surface area contributed by atoms with Crippen molar-refractivity contribution < 1.29 is 14.7 Å². The van der Waals surface area contributed by atoms with Crippen molar-refractivity contribution >= 4 is 51.9 Å². The summed E-state index contributed by atoms with van der Waals surface area (Å²) in [5.74, 6) is -1.12. The van der Waals surface area contributed by atoms with Crippen LogP contribution in [-0.2, 0) is 4.79 Å². The van der Waals surface area contributed by atoms with Gasteiger partial charge in [0.25, 0.3) is 5.91 Å². The van der Waals surface area contributed by atoms with Crippen molar-refractivity contribution in [2.75, 3.05) is 7.05 Å². The van der Waals surface area contributed by atoms with Gasteiger partial charge in [-0.2, -0.15) is 0 Å². The largest absolute Gasteiger partial charge is 0.478 e. The Morgan fingerprint density at radius 1 is 1.30 bits per heavy atom. The number of carboxylic acid groups (broad SMARTS) is 1. The highest BCUT2D eigenvalue weighted by atomic mass is 32.2. The molecule has 1 aliphatic heterocycles. The number of aliphatic imine (C=N–C) groups is 1. The van der Waals surface area contributed by atoms with Gasteiger partial charge in [-0.25, -0.2) is 9.79 Å². The van der Waals surface area contributed by atoms with Gasteiger partial charge in [0.1, 0.15) is 0 Å². The van der Waals surface area contributed by atoms with Crippen molar-refractivity contribution in [2.45, 2.75) is 0 Å². The monoisotopic (exact) mass is 344 g/mol. The molecule has 0 radical (unpaired) electrons. The van der Waals surface area contributed by atoms with Crippen LogP contribution in [0, 0.1) is 0 Å². The van der Waals surface area contributed by atoms with Gasteiger partial charge in [-0.05, 0) is 47.5 Å². The van der Waals surface area contributed by atoms with Gasteiger partial charge in [0, 0.05) is 11.9 Å². The lowest BCUT2D eigenvalue weighted by molar-refractivity contribution is -0.121. The van der Waals surface area contributed by atoms with Crippen molar-refractivity contribution in [3.63, 3.8) is 0 Å². The summed E-state index contributed by atoms with van der Waals surface area (Å²) in [6.07, 6.45) is 1.84. The smallest absolute Gasteiger partial charge is 0.335 e. The van der Waals surface area contributed by atoms with E-state index in [4.69, 9.17) is 5.11 Å². The molecular formula is C16H12N2O3S2. The predicted molar refractivity (Wildman–Crippen MR) is 93.2 cm³/mol. The van der Waals surface area contributed by atoms with E-state index in [1.165, 1.54) is 28.8 Å². The number of amides is 1. The molecular weight excluding hydrogens is 332 g/mol. The molecule has 3 rings (SSSR count). The third kappa shape index (κ3) is 3.35. The summed E-state index contributed by atoms with van der Waals surface area (Å²) in [5, 5.41) is 11.5. The number of likely N-dealkylation sites (N-methyl/N-ethyl adjacent to an activating group) is 1. The minimum absolute atomic E-state index is 0.114. The zero-order valence-corrected chi connectivity index (χ0v) is 13.7. The average molecular weight is 344 g/mol. The third-order valence-electron chi connectivity index (χ3n) is 3.14. The SMILES string of the molecule is CN1C(=O)/C(=C\c2cccs2)SC1=Nc1cccc(C(=O)O)c1. The number of rotatable bonds is 3. The predicted octanol–water partition coefficient (Wildman–Crippen LogP) is 3.68. The first-order valence-corrected chi connectivity index (χ1v) is 8.37. The molecule has 1 aromatic carbocycles. The normalized spacial score (nSPS) is 18.1. The van der Waals surface area contributed by atoms with Crippen LogP contribution >= 0.6 is 23.1 Å². The molecule has 2 aromatic rings. The molecule has 1 saturated heterocycles. The number of carbonyl (C=O) groups excluding carboxylic acids is 1. The number of thioether (sulfide) groups is 1. The fraction of sp³-hybridized carbons (Fsp3) is 0.0625. The zero-order valence-electron chi connectivity index (χ0n) is 12.1. The van der Waals surface area contributed by atoms with E-state index >= 15 is 0 Å². The third-order valence-corrected chi connectivity index (χ3v) is 5.02. The van der Waals surface area contributed by atoms with Crippen LogP contribution in [0.2, 0.25) is 0 Å². The Morgan fingerprint density at radius 2 is 2.13 bits per heavy atom. The number of thiophene rings is 1. The molecule has 0 bridgehead atoms. The topological polar surface area (TPSA) is 70.0 Å².